The van der Waals surface area contributed by atoms with Crippen LogP contribution < -0.4 is 5.32 Å². The molecule has 0 bridgehead atoms. The standard InChI is InChI=1S/C10H20N2O3/c1-2-12(4-3-5-13)10(6-9(14)15)7-11-8-10/h11,13H,2-8H2,1H3,(H,14,15). The van der Waals surface area contributed by atoms with E-state index in [-0.39, 0.29) is 18.6 Å². The molecule has 0 aromatic rings. The molecule has 0 aromatic heterocycles. The highest BCUT2D eigenvalue weighted by molar-refractivity contribution is 5.68. The fourth-order valence-electron chi connectivity index (χ4n) is 2.15. The molecule has 15 heavy (non-hydrogen) atoms. The molecule has 0 spiro atoms. The molecule has 0 saturated carbocycles. The summed E-state index contributed by atoms with van der Waals surface area (Å²) in [6, 6.07) is 0. The van der Waals surface area contributed by atoms with Gasteiger partial charge in [-0.2, -0.15) is 0 Å². The molecule has 1 heterocycles. The van der Waals surface area contributed by atoms with E-state index in [1.165, 1.54) is 0 Å². The van der Waals surface area contributed by atoms with E-state index in [9.17, 15) is 4.79 Å². The predicted octanol–water partition coefficient (Wildman–Crippen LogP) is -0.493. The number of nitrogens with one attached hydrogen (secondary N) is 1. The molecule has 1 aliphatic heterocycles. The summed E-state index contributed by atoms with van der Waals surface area (Å²) in [7, 11) is 0. The first-order valence-electron chi connectivity index (χ1n) is 5.43. The molecule has 5 heteroatoms. The Kier molecular flexibility index (Phi) is 4.50. The number of carboxylic acid groups (broad SMARTS) is 1. The minimum absolute atomic E-state index is 0.160. The second kappa shape index (κ2) is 5.44. The van der Waals surface area contributed by atoms with Crippen molar-refractivity contribution in [3.8, 4) is 0 Å². The Bertz CT molecular complexity index is 217. The van der Waals surface area contributed by atoms with Gasteiger partial charge in [-0.3, -0.25) is 9.69 Å². The van der Waals surface area contributed by atoms with Crippen LogP contribution >= 0.6 is 0 Å². The SMILES string of the molecule is CCN(CCCO)C1(CC(=O)O)CNC1. The zero-order chi connectivity index (χ0) is 11.3. The van der Waals surface area contributed by atoms with Crippen LogP contribution in [0.3, 0.4) is 0 Å². The Morgan fingerprint density at radius 2 is 2.20 bits per heavy atom. The summed E-state index contributed by atoms with van der Waals surface area (Å²) < 4.78 is 0. The molecule has 0 atom stereocenters. The number of aliphatic hydroxyl groups is 1. The third-order valence-electron chi connectivity index (χ3n) is 3.03. The summed E-state index contributed by atoms with van der Waals surface area (Å²) in [5, 5.41) is 20.8. The van der Waals surface area contributed by atoms with Gasteiger partial charge >= 0.3 is 5.97 Å². The number of likely N-dealkylation sites (N-methyl/N-ethyl adjacent to an activating group) is 1. The molecule has 0 amide bonds. The third kappa shape index (κ3) is 2.90. The highest BCUT2D eigenvalue weighted by Gasteiger charge is 2.43. The second-order valence-electron chi connectivity index (χ2n) is 4.06. The van der Waals surface area contributed by atoms with Gasteiger partial charge < -0.3 is 15.5 Å². The summed E-state index contributed by atoms with van der Waals surface area (Å²) in [5.41, 5.74) is -0.226. The number of aliphatic carboxylic acids is 1. The lowest BCUT2D eigenvalue weighted by Gasteiger charge is -2.49. The van der Waals surface area contributed by atoms with Crippen molar-refractivity contribution in [3.05, 3.63) is 0 Å². The molecule has 88 valence electrons. The van der Waals surface area contributed by atoms with Crippen LogP contribution in [0.1, 0.15) is 19.8 Å². The molecule has 0 unspecified atom stereocenters. The van der Waals surface area contributed by atoms with Crippen molar-refractivity contribution in [2.75, 3.05) is 32.8 Å². The maximum Gasteiger partial charge on any atom is 0.305 e. The largest absolute Gasteiger partial charge is 0.481 e. The lowest BCUT2D eigenvalue weighted by molar-refractivity contribution is -0.141. The molecule has 5 nitrogen and oxygen atoms in total. The maximum absolute atomic E-state index is 10.8. The van der Waals surface area contributed by atoms with Gasteiger partial charge in [-0.15, -0.1) is 0 Å². The van der Waals surface area contributed by atoms with Crippen molar-refractivity contribution in [2.24, 2.45) is 0 Å². The minimum Gasteiger partial charge on any atom is -0.481 e. The van der Waals surface area contributed by atoms with E-state index in [1.807, 2.05) is 6.92 Å². The third-order valence-corrected chi connectivity index (χ3v) is 3.03. The lowest BCUT2D eigenvalue weighted by Crippen LogP contribution is -2.69. The van der Waals surface area contributed by atoms with E-state index in [2.05, 4.69) is 10.2 Å². The molecule has 3 N–H and O–H groups in total. The van der Waals surface area contributed by atoms with E-state index in [0.29, 0.717) is 6.42 Å². The van der Waals surface area contributed by atoms with E-state index in [4.69, 9.17) is 10.2 Å². The highest BCUT2D eigenvalue weighted by Crippen LogP contribution is 2.24. The predicted molar refractivity (Wildman–Crippen MR) is 56.8 cm³/mol. The van der Waals surface area contributed by atoms with Gasteiger partial charge in [0.25, 0.3) is 0 Å². The summed E-state index contributed by atoms with van der Waals surface area (Å²) >= 11 is 0. The first kappa shape index (κ1) is 12.4. The van der Waals surface area contributed by atoms with Gasteiger partial charge in [-0.05, 0) is 13.0 Å². The molecule has 0 aromatic carbocycles. The Morgan fingerprint density at radius 3 is 2.53 bits per heavy atom. The van der Waals surface area contributed by atoms with Crippen LogP contribution in [0.5, 0.6) is 0 Å². The van der Waals surface area contributed by atoms with Gasteiger partial charge in [0.05, 0.1) is 12.0 Å². The minimum atomic E-state index is -0.751. The smallest absolute Gasteiger partial charge is 0.305 e. The van der Waals surface area contributed by atoms with E-state index in [1.54, 1.807) is 0 Å². The molecular formula is C10H20N2O3. The number of rotatable bonds is 7. The van der Waals surface area contributed by atoms with E-state index >= 15 is 0 Å². The van der Waals surface area contributed by atoms with Crippen molar-refractivity contribution >= 4 is 5.97 Å². The van der Waals surface area contributed by atoms with Gasteiger partial charge in [0.2, 0.25) is 0 Å². The van der Waals surface area contributed by atoms with Crippen molar-refractivity contribution in [1.29, 1.82) is 0 Å². The molecule has 1 saturated heterocycles. The van der Waals surface area contributed by atoms with Gasteiger partial charge in [0, 0.05) is 26.2 Å². The lowest BCUT2D eigenvalue weighted by atomic mass is 9.86. The Morgan fingerprint density at radius 1 is 1.53 bits per heavy atom. The van der Waals surface area contributed by atoms with Crippen LogP contribution in [0.4, 0.5) is 0 Å². The number of carbonyl (C=O) groups is 1. The summed E-state index contributed by atoms with van der Waals surface area (Å²) in [4.78, 5) is 13.0. The van der Waals surface area contributed by atoms with Gasteiger partial charge in [0.1, 0.15) is 0 Å². The number of nitrogens with zero attached hydrogens (tertiary/aromatic N) is 1. The van der Waals surface area contributed by atoms with Crippen LogP contribution in [0.2, 0.25) is 0 Å². The Labute approximate surface area is 90.1 Å². The van der Waals surface area contributed by atoms with Crippen LogP contribution in [-0.2, 0) is 4.79 Å². The van der Waals surface area contributed by atoms with Crippen LogP contribution in [0.25, 0.3) is 0 Å². The molecule has 0 aliphatic carbocycles. The highest BCUT2D eigenvalue weighted by atomic mass is 16.4. The van der Waals surface area contributed by atoms with Crippen molar-refractivity contribution < 1.29 is 15.0 Å². The molecule has 1 fully saturated rings. The zero-order valence-corrected chi connectivity index (χ0v) is 9.20. The second-order valence-corrected chi connectivity index (χ2v) is 4.06. The molecule has 1 aliphatic rings. The Balaban J connectivity index is 2.56. The number of hydrogen-bond donors (Lipinski definition) is 3. The summed E-state index contributed by atoms with van der Waals surface area (Å²) in [6.45, 7) is 5.25. The Hall–Kier alpha value is -0.650. The van der Waals surface area contributed by atoms with Gasteiger partial charge in [-0.1, -0.05) is 6.92 Å². The fourth-order valence-corrected chi connectivity index (χ4v) is 2.15. The summed E-state index contributed by atoms with van der Waals surface area (Å²) in [5.74, 6) is -0.751. The van der Waals surface area contributed by atoms with E-state index < -0.39 is 5.97 Å². The van der Waals surface area contributed by atoms with Crippen LogP contribution in [-0.4, -0.2) is 59.4 Å². The van der Waals surface area contributed by atoms with Crippen molar-refractivity contribution in [3.63, 3.8) is 0 Å². The van der Waals surface area contributed by atoms with E-state index in [0.717, 1.165) is 26.2 Å². The van der Waals surface area contributed by atoms with Crippen LogP contribution in [0, 0.1) is 0 Å². The van der Waals surface area contributed by atoms with Crippen LogP contribution in [0.15, 0.2) is 0 Å². The molecule has 1 rings (SSSR count). The maximum atomic E-state index is 10.8. The number of hydrogen-bond acceptors (Lipinski definition) is 4. The van der Waals surface area contributed by atoms with Crippen molar-refractivity contribution in [1.82, 2.24) is 10.2 Å². The fraction of sp³-hybridized carbons (Fsp3) is 0.900. The number of carboxylic acids is 1. The first-order chi connectivity index (χ1) is 7.14. The van der Waals surface area contributed by atoms with Crippen molar-refractivity contribution in [2.45, 2.75) is 25.3 Å². The normalized spacial score (nSPS) is 18.9. The summed E-state index contributed by atoms with van der Waals surface area (Å²) in [6.07, 6.45) is 0.883. The average Bonchev–Trinajstić information content (AvgIpc) is 2.14. The zero-order valence-electron chi connectivity index (χ0n) is 9.20. The first-order valence-corrected chi connectivity index (χ1v) is 5.43. The molecule has 0 radical (unpaired) electrons. The monoisotopic (exact) mass is 216 g/mol. The van der Waals surface area contributed by atoms with Gasteiger partial charge in [-0.25, -0.2) is 0 Å². The topological polar surface area (TPSA) is 72.8 Å². The quantitative estimate of drug-likeness (QED) is 0.535. The average molecular weight is 216 g/mol. The molecular weight excluding hydrogens is 196 g/mol. The number of aliphatic hydroxyl groups excluding tert-OH is 1. The van der Waals surface area contributed by atoms with Gasteiger partial charge in [0.15, 0.2) is 0 Å².